The Hall–Kier alpha value is 0.240. The van der Waals surface area contributed by atoms with Gasteiger partial charge in [0.25, 0.3) is 0 Å². The molecule has 2 unspecified atom stereocenters. The Morgan fingerprint density at radius 3 is 2.44 bits per heavy atom. The van der Waals surface area contributed by atoms with Crippen LogP contribution in [-0.2, 0) is 0 Å². The highest BCUT2D eigenvalue weighted by Crippen LogP contribution is 2.20. The Bertz CT molecular complexity index is 89.1. The summed E-state index contributed by atoms with van der Waals surface area (Å²) in [7, 11) is 0. The van der Waals surface area contributed by atoms with E-state index in [-0.39, 0.29) is 6.04 Å². The molecular formula is C6H12FNS. The van der Waals surface area contributed by atoms with Gasteiger partial charge in [-0.3, -0.25) is 4.72 Å². The van der Waals surface area contributed by atoms with Crippen LogP contribution in [0.5, 0.6) is 0 Å². The Labute approximate surface area is 60.6 Å². The molecule has 0 aromatic rings. The van der Waals surface area contributed by atoms with Gasteiger partial charge in [0.1, 0.15) is 6.17 Å². The summed E-state index contributed by atoms with van der Waals surface area (Å²) in [4.78, 5) is 0. The number of alkyl halides is 1. The molecule has 0 saturated heterocycles. The van der Waals surface area contributed by atoms with E-state index in [4.69, 9.17) is 0 Å². The van der Waals surface area contributed by atoms with E-state index in [9.17, 15) is 4.39 Å². The van der Waals surface area contributed by atoms with E-state index in [0.717, 1.165) is 19.3 Å². The van der Waals surface area contributed by atoms with Gasteiger partial charge in [0, 0.05) is 6.04 Å². The van der Waals surface area contributed by atoms with Crippen LogP contribution < -0.4 is 4.72 Å². The standard InChI is InChI=1S/C6H12FNS/c7-5-3-1-2-4-6(5)8-9/h5-6,8-9H,1-4H2. The Balaban J connectivity index is 2.30. The zero-order valence-electron chi connectivity index (χ0n) is 5.31. The van der Waals surface area contributed by atoms with Gasteiger partial charge in [-0.15, -0.1) is 0 Å². The van der Waals surface area contributed by atoms with Crippen LogP contribution in [0.2, 0.25) is 0 Å². The van der Waals surface area contributed by atoms with Crippen molar-refractivity contribution in [3.05, 3.63) is 0 Å². The summed E-state index contributed by atoms with van der Waals surface area (Å²) in [5.74, 6) is 0. The Kier molecular flexibility index (Phi) is 2.79. The molecule has 1 nitrogen and oxygen atoms in total. The maximum Gasteiger partial charge on any atom is 0.116 e. The third-order valence-electron chi connectivity index (χ3n) is 1.85. The predicted octanol–water partition coefficient (Wildman–Crippen LogP) is 1.70. The lowest BCUT2D eigenvalue weighted by Crippen LogP contribution is -2.34. The van der Waals surface area contributed by atoms with Crippen molar-refractivity contribution in [2.45, 2.75) is 37.9 Å². The highest BCUT2D eigenvalue weighted by Gasteiger charge is 2.22. The first kappa shape index (κ1) is 7.35. The van der Waals surface area contributed by atoms with Crippen LogP contribution in [0.1, 0.15) is 25.7 Å². The Morgan fingerprint density at radius 1 is 1.33 bits per heavy atom. The fourth-order valence-electron chi connectivity index (χ4n) is 1.23. The SMILES string of the molecule is FC1CCCCC1NS. The summed E-state index contributed by atoms with van der Waals surface area (Å²) < 4.78 is 15.4. The lowest BCUT2D eigenvalue weighted by Gasteiger charge is -2.24. The summed E-state index contributed by atoms with van der Waals surface area (Å²) >= 11 is 3.83. The molecule has 1 rings (SSSR count). The molecule has 2 atom stereocenters. The van der Waals surface area contributed by atoms with E-state index in [1.165, 1.54) is 0 Å². The summed E-state index contributed by atoms with van der Waals surface area (Å²) in [5.41, 5.74) is 0. The van der Waals surface area contributed by atoms with Gasteiger partial charge in [-0.2, -0.15) is 0 Å². The van der Waals surface area contributed by atoms with Gasteiger partial charge in [0.2, 0.25) is 0 Å². The molecule has 1 N–H and O–H groups in total. The summed E-state index contributed by atoms with van der Waals surface area (Å²) in [6.07, 6.45) is 3.14. The van der Waals surface area contributed by atoms with Crippen molar-refractivity contribution in [1.29, 1.82) is 0 Å². The van der Waals surface area contributed by atoms with Crippen molar-refractivity contribution in [3.8, 4) is 0 Å². The molecular weight excluding hydrogens is 137 g/mol. The van der Waals surface area contributed by atoms with Crippen molar-refractivity contribution in [2.24, 2.45) is 0 Å². The lowest BCUT2D eigenvalue weighted by atomic mass is 9.95. The van der Waals surface area contributed by atoms with E-state index >= 15 is 0 Å². The van der Waals surface area contributed by atoms with Gasteiger partial charge in [0.15, 0.2) is 0 Å². The third kappa shape index (κ3) is 1.83. The van der Waals surface area contributed by atoms with Crippen LogP contribution >= 0.6 is 12.8 Å². The predicted molar refractivity (Wildman–Crippen MR) is 39.3 cm³/mol. The first-order chi connectivity index (χ1) is 4.34. The van der Waals surface area contributed by atoms with E-state index in [2.05, 4.69) is 17.5 Å². The molecule has 54 valence electrons. The minimum atomic E-state index is -0.670. The summed E-state index contributed by atoms with van der Waals surface area (Å²) in [5, 5.41) is 0. The van der Waals surface area contributed by atoms with E-state index in [0.29, 0.717) is 6.42 Å². The number of rotatable bonds is 1. The van der Waals surface area contributed by atoms with Crippen molar-refractivity contribution in [3.63, 3.8) is 0 Å². The van der Waals surface area contributed by atoms with E-state index < -0.39 is 6.17 Å². The molecule has 9 heavy (non-hydrogen) atoms. The summed E-state index contributed by atoms with van der Waals surface area (Å²) in [6.45, 7) is 0. The number of halogens is 1. The molecule has 0 spiro atoms. The van der Waals surface area contributed by atoms with Gasteiger partial charge >= 0.3 is 0 Å². The highest BCUT2D eigenvalue weighted by atomic mass is 32.1. The molecule has 0 radical (unpaired) electrons. The molecule has 0 aromatic carbocycles. The first-order valence-electron chi connectivity index (χ1n) is 3.38. The normalized spacial score (nSPS) is 36.7. The van der Waals surface area contributed by atoms with Gasteiger partial charge in [0.05, 0.1) is 0 Å². The first-order valence-corrected chi connectivity index (χ1v) is 3.83. The molecule has 1 aliphatic carbocycles. The molecule has 3 heteroatoms. The minimum Gasteiger partial charge on any atom is -0.261 e. The average molecular weight is 149 g/mol. The van der Waals surface area contributed by atoms with Gasteiger partial charge < -0.3 is 0 Å². The molecule has 1 fully saturated rings. The number of nitrogens with one attached hydrogen (secondary N) is 1. The zero-order chi connectivity index (χ0) is 6.69. The molecule has 1 saturated carbocycles. The molecule has 0 aliphatic heterocycles. The van der Waals surface area contributed by atoms with Crippen LogP contribution in [0, 0.1) is 0 Å². The monoisotopic (exact) mass is 149 g/mol. The number of hydrogen-bond acceptors (Lipinski definition) is 2. The smallest absolute Gasteiger partial charge is 0.116 e. The van der Waals surface area contributed by atoms with Crippen LogP contribution in [-0.4, -0.2) is 12.2 Å². The van der Waals surface area contributed by atoms with Gasteiger partial charge in [-0.25, -0.2) is 4.39 Å². The number of thiol groups is 1. The number of hydrogen-bond donors (Lipinski definition) is 2. The van der Waals surface area contributed by atoms with Crippen LogP contribution in [0.4, 0.5) is 4.39 Å². The van der Waals surface area contributed by atoms with Gasteiger partial charge in [-0.1, -0.05) is 25.7 Å². The zero-order valence-corrected chi connectivity index (χ0v) is 6.20. The van der Waals surface area contributed by atoms with Crippen molar-refractivity contribution in [2.75, 3.05) is 0 Å². The van der Waals surface area contributed by atoms with Crippen molar-refractivity contribution < 1.29 is 4.39 Å². The fraction of sp³-hybridized carbons (Fsp3) is 1.00. The highest BCUT2D eigenvalue weighted by molar-refractivity contribution is 7.78. The van der Waals surface area contributed by atoms with Crippen LogP contribution in [0.25, 0.3) is 0 Å². The molecule has 0 heterocycles. The second-order valence-electron chi connectivity index (χ2n) is 2.54. The average Bonchev–Trinajstić information content (AvgIpc) is 1.89. The fourth-order valence-corrected chi connectivity index (χ4v) is 1.52. The second kappa shape index (κ2) is 3.42. The third-order valence-corrected chi connectivity index (χ3v) is 2.18. The topological polar surface area (TPSA) is 12.0 Å². The molecule has 1 aliphatic rings. The van der Waals surface area contributed by atoms with Crippen molar-refractivity contribution in [1.82, 2.24) is 4.72 Å². The lowest BCUT2D eigenvalue weighted by molar-refractivity contribution is 0.209. The maximum atomic E-state index is 12.7. The molecule has 0 amide bonds. The Morgan fingerprint density at radius 2 is 2.00 bits per heavy atom. The largest absolute Gasteiger partial charge is 0.261 e. The van der Waals surface area contributed by atoms with E-state index in [1.807, 2.05) is 0 Å². The van der Waals surface area contributed by atoms with Crippen LogP contribution in [0.15, 0.2) is 0 Å². The van der Waals surface area contributed by atoms with Crippen LogP contribution in [0.3, 0.4) is 0 Å². The van der Waals surface area contributed by atoms with Gasteiger partial charge in [-0.05, 0) is 12.8 Å². The van der Waals surface area contributed by atoms with Crippen molar-refractivity contribution >= 4 is 12.8 Å². The minimum absolute atomic E-state index is 0.00193. The quantitative estimate of drug-likeness (QED) is 0.541. The molecule has 0 aromatic heterocycles. The second-order valence-corrected chi connectivity index (χ2v) is 2.79. The maximum absolute atomic E-state index is 12.7. The molecule has 0 bridgehead atoms. The van der Waals surface area contributed by atoms with E-state index in [1.54, 1.807) is 0 Å². The summed E-state index contributed by atoms with van der Waals surface area (Å²) in [6, 6.07) is 0.00193.